The van der Waals surface area contributed by atoms with Crippen LogP contribution >= 0.6 is 11.6 Å². The van der Waals surface area contributed by atoms with Crippen LogP contribution in [-0.4, -0.2) is 16.2 Å². The number of aromatic nitrogens is 1. The lowest BCUT2D eigenvalue weighted by molar-refractivity contribution is 0.0697. The van der Waals surface area contributed by atoms with Crippen molar-refractivity contribution < 1.29 is 14.4 Å². The van der Waals surface area contributed by atoms with E-state index in [1.54, 1.807) is 12.1 Å². The Morgan fingerprint density at radius 2 is 2.28 bits per heavy atom. The van der Waals surface area contributed by atoms with Crippen molar-refractivity contribution in [2.24, 2.45) is 0 Å². The third kappa shape index (κ3) is 2.81. The number of rotatable bonds is 4. The number of aryl methyl sites for hydroxylation is 1. The molecule has 6 heteroatoms. The van der Waals surface area contributed by atoms with Gasteiger partial charge in [0.25, 0.3) is 0 Å². The minimum Gasteiger partial charge on any atom is -0.478 e. The number of nitrogens with one attached hydrogen (secondary N) is 1. The first-order valence-corrected chi connectivity index (χ1v) is 5.63. The van der Waals surface area contributed by atoms with E-state index in [4.69, 9.17) is 21.2 Å². The topological polar surface area (TPSA) is 75.4 Å². The summed E-state index contributed by atoms with van der Waals surface area (Å²) >= 11 is 5.85. The number of benzene rings is 1. The van der Waals surface area contributed by atoms with E-state index in [1.165, 1.54) is 6.07 Å². The fraction of sp³-hybridized carbons (Fsp3) is 0.167. The van der Waals surface area contributed by atoms with Crippen LogP contribution in [0.4, 0.5) is 5.69 Å². The van der Waals surface area contributed by atoms with Crippen molar-refractivity contribution in [1.82, 2.24) is 5.16 Å². The zero-order valence-corrected chi connectivity index (χ0v) is 10.4. The van der Waals surface area contributed by atoms with Crippen LogP contribution < -0.4 is 5.32 Å². The van der Waals surface area contributed by atoms with Gasteiger partial charge in [0.1, 0.15) is 0 Å². The Morgan fingerprint density at radius 3 is 2.83 bits per heavy atom. The molecule has 0 aliphatic heterocycles. The van der Waals surface area contributed by atoms with E-state index in [1.807, 2.05) is 13.0 Å². The van der Waals surface area contributed by atoms with Crippen LogP contribution in [0.15, 0.2) is 28.8 Å². The molecule has 0 amide bonds. The van der Waals surface area contributed by atoms with Gasteiger partial charge in [0.05, 0.1) is 22.8 Å². The molecule has 0 radical (unpaired) electrons. The average molecular weight is 267 g/mol. The molecule has 0 unspecified atom stereocenters. The summed E-state index contributed by atoms with van der Waals surface area (Å²) in [5, 5.41) is 15.9. The number of anilines is 1. The van der Waals surface area contributed by atoms with Crippen LogP contribution in [0.2, 0.25) is 5.02 Å². The molecule has 0 saturated heterocycles. The summed E-state index contributed by atoms with van der Waals surface area (Å²) in [6.07, 6.45) is 0. The summed E-state index contributed by atoms with van der Waals surface area (Å²) in [4.78, 5) is 10.8. The summed E-state index contributed by atoms with van der Waals surface area (Å²) in [6, 6.07) is 6.49. The monoisotopic (exact) mass is 266 g/mol. The van der Waals surface area contributed by atoms with Gasteiger partial charge < -0.3 is 14.9 Å². The SMILES string of the molecule is Cc1cc(CNc2ccc(C(=O)O)c(Cl)c2)on1. The molecular formula is C12H11ClN2O3. The molecule has 18 heavy (non-hydrogen) atoms. The zero-order valence-electron chi connectivity index (χ0n) is 9.61. The molecule has 0 atom stereocenters. The summed E-state index contributed by atoms with van der Waals surface area (Å²) < 4.78 is 5.04. The highest BCUT2D eigenvalue weighted by molar-refractivity contribution is 6.33. The smallest absolute Gasteiger partial charge is 0.337 e. The normalized spacial score (nSPS) is 10.3. The van der Waals surface area contributed by atoms with Gasteiger partial charge in [-0.25, -0.2) is 4.79 Å². The number of carboxylic acids is 1. The minimum atomic E-state index is -1.04. The second-order valence-corrected chi connectivity index (χ2v) is 4.20. The van der Waals surface area contributed by atoms with E-state index in [0.29, 0.717) is 12.3 Å². The van der Waals surface area contributed by atoms with Crippen LogP contribution in [0.25, 0.3) is 0 Å². The second kappa shape index (κ2) is 5.10. The maximum Gasteiger partial charge on any atom is 0.337 e. The van der Waals surface area contributed by atoms with Gasteiger partial charge in [-0.1, -0.05) is 16.8 Å². The highest BCUT2D eigenvalue weighted by Crippen LogP contribution is 2.21. The fourth-order valence-electron chi connectivity index (χ4n) is 1.49. The van der Waals surface area contributed by atoms with Crippen molar-refractivity contribution in [3.63, 3.8) is 0 Å². The van der Waals surface area contributed by atoms with E-state index >= 15 is 0 Å². The lowest BCUT2D eigenvalue weighted by atomic mass is 10.2. The third-order valence-corrected chi connectivity index (χ3v) is 2.66. The Kier molecular flexibility index (Phi) is 3.53. The molecule has 2 rings (SSSR count). The van der Waals surface area contributed by atoms with E-state index in [2.05, 4.69) is 10.5 Å². The van der Waals surface area contributed by atoms with Gasteiger partial charge in [-0.2, -0.15) is 0 Å². The minimum absolute atomic E-state index is 0.0812. The number of carbonyl (C=O) groups is 1. The van der Waals surface area contributed by atoms with Gasteiger partial charge in [0.2, 0.25) is 0 Å². The van der Waals surface area contributed by atoms with Crippen molar-refractivity contribution in [3.8, 4) is 0 Å². The molecular weight excluding hydrogens is 256 g/mol. The fourth-order valence-corrected chi connectivity index (χ4v) is 1.75. The van der Waals surface area contributed by atoms with E-state index in [0.717, 1.165) is 11.4 Å². The van der Waals surface area contributed by atoms with E-state index < -0.39 is 5.97 Å². The first-order valence-electron chi connectivity index (χ1n) is 5.25. The molecule has 2 aromatic rings. The van der Waals surface area contributed by atoms with Crippen LogP contribution in [0.3, 0.4) is 0 Å². The van der Waals surface area contributed by atoms with Crippen molar-refractivity contribution in [3.05, 3.63) is 46.3 Å². The van der Waals surface area contributed by atoms with Crippen LogP contribution in [0.5, 0.6) is 0 Å². The number of hydrogen-bond acceptors (Lipinski definition) is 4. The molecule has 1 aromatic heterocycles. The molecule has 94 valence electrons. The lowest BCUT2D eigenvalue weighted by Crippen LogP contribution is -2.01. The standard InChI is InChI=1S/C12H11ClN2O3/c1-7-4-9(18-15-7)6-14-8-2-3-10(12(16)17)11(13)5-8/h2-5,14H,6H2,1H3,(H,16,17). The van der Waals surface area contributed by atoms with Crippen molar-refractivity contribution in [2.45, 2.75) is 13.5 Å². The average Bonchev–Trinajstić information content (AvgIpc) is 2.72. The molecule has 0 aliphatic rings. The van der Waals surface area contributed by atoms with Gasteiger partial charge in [0, 0.05) is 11.8 Å². The lowest BCUT2D eigenvalue weighted by Gasteiger charge is -2.05. The molecule has 1 aromatic carbocycles. The predicted molar refractivity (Wildman–Crippen MR) is 67.0 cm³/mol. The Morgan fingerprint density at radius 1 is 1.50 bits per heavy atom. The molecule has 0 spiro atoms. The highest BCUT2D eigenvalue weighted by atomic mass is 35.5. The molecule has 5 nitrogen and oxygen atoms in total. The number of aromatic carboxylic acids is 1. The summed E-state index contributed by atoms with van der Waals surface area (Å²) in [5.74, 6) is -0.344. The van der Waals surface area contributed by atoms with Gasteiger partial charge >= 0.3 is 5.97 Å². The summed E-state index contributed by atoms with van der Waals surface area (Å²) in [6.45, 7) is 2.30. The van der Waals surface area contributed by atoms with Crippen molar-refractivity contribution in [2.75, 3.05) is 5.32 Å². The Hall–Kier alpha value is -2.01. The molecule has 1 heterocycles. The predicted octanol–water partition coefficient (Wildman–Crippen LogP) is 2.95. The largest absolute Gasteiger partial charge is 0.478 e. The Labute approximate surface area is 108 Å². The van der Waals surface area contributed by atoms with Gasteiger partial charge in [-0.15, -0.1) is 0 Å². The summed E-state index contributed by atoms with van der Waals surface area (Å²) in [7, 11) is 0. The zero-order chi connectivity index (χ0) is 13.1. The maximum absolute atomic E-state index is 10.8. The quantitative estimate of drug-likeness (QED) is 0.890. The number of nitrogens with zero attached hydrogens (tertiary/aromatic N) is 1. The van der Waals surface area contributed by atoms with Gasteiger partial charge in [-0.05, 0) is 25.1 Å². The Bertz CT molecular complexity index is 580. The van der Waals surface area contributed by atoms with Crippen LogP contribution in [0.1, 0.15) is 21.8 Å². The molecule has 2 N–H and O–H groups in total. The number of carboxylic acid groups (broad SMARTS) is 1. The van der Waals surface area contributed by atoms with Crippen molar-refractivity contribution in [1.29, 1.82) is 0 Å². The van der Waals surface area contributed by atoms with Crippen LogP contribution in [0, 0.1) is 6.92 Å². The first-order chi connectivity index (χ1) is 8.56. The third-order valence-electron chi connectivity index (χ3n) is 2.34. The Balaban J connectivity index is 2.06. The maximum atomic E-state index is 10.8. The van der Waals surface area contributed by atoms with Gasteiger partial charge in [-0.3, -0.25) is 0 Å². The highest BCUT2D eigenvalue weighted by Gasteiger charge is 2.09. The summed E-state index contributed by atoms with van der Waals surface area (Å²) in [5.41, 5.74) is 1.61. The number of halogens is 1. The van der Waals surface area contributed by atoms with Crippen LogP contribution in [-0.2, 0) is 6.54 Å². The van der Waals surface area contributed by atoms with E-state index in [9.17, 15) is 4.79 Å². The van der Waals surface area contributed by atoms with Crippen molar-refractivity contribution >= 4 is 23.3 Å². The molecule has 0 fully saturated rings. The van der Waals surface area contributed by atoms with E-state index in [-0.39, 0.29) is 10.6 Å². The van der Waals surface area contributed by atoms with Gasteiger partial charge in [0.15, 0.2) is 5.76 Å². The first kappa shape index (κ1) is 12.4. The molecule has 0 saturated carbocycles. The molecule has 0 bridgehead atoms. The number of hydrogen-bond donors (Lipinski definition) is 2. The second-order valence-electron chi connectivity index (χ2n) is 3.79. The molecule has 0 aliphatic carbocycles.